The van der Waals surface area contributed by atoms with E-state index in [0.29, 0.717) is 0 Å². The Labute approximate surface area is 70.6 Å². The predicted molar refractivity (Wildman–Crippen MR) is 25.5 cm³/mol. The van der Waals surface area contributed by atoms with Crippen LogP contribution < -0.4 is 0 Å². The molecule has 0 spiro atoms. The van der Waals surface area contributed by atoms with Gasteiger partial charge >= 0.3 is 21.8 Å². The maximum absolute atomic E-state index is 8.54. The van der Waals surface area contributed by atoms with Crippen LogP contribution in [0.4, 0.5) is 0 Å². The summed E-state index contributed by atoms with van der Waals surface area (Å²) < 4.78 is 8.38. The van der Waals surface area contributed by atoms with Crippen molar-refractivity contribution < 1.29 is 37.1 Å². The zero-order valence-electron chi connectivity index (χ0n) is 5.30. The quantitative estimate of drug-likeness (QED) is 0.464. The van der Waals surface area contributed by atoms with Gasteiger partial charge in [-0.2, -0.15) is 0 Å². The van der Waals surface area contributed by atoms with Gasteiger partial charge in [0.05, 0.1) is 0 Å². The van der Waals surface area contributed by atoms with Crippen molar-refractivity contribution in [3.8, 4) is 17.5 Å². The van der Waals surface area contributed by atoms with Crippen molar-refractivity contribution in [2.24, 2.45) is 0 Å². The molecule has 0 unspecified atom stereocenters. The van der Waals surface area contributed by atoms with Gasteiger partial charge in [0.15, 0.2) is 0 Å². The second kappa shape index (κ2) is 4.62. The summed E-state index contributed by atoms with van der Waals surface area (Å²) in [4.78, 5) is 0. The van der Waals surface area contributed by atoms with E-state index in [2.05, 4.69) is 15.4 Å². The summed E-state index contributed by atoms with van der Waals surface area (Å²) in [6, 6.07) is 0. The standard InChI is InChI=1S/C3H3N3O3.O.Zn/c7-1-2(8)4-6-5-3(1)9;;/h(H,6,7)(H2,4,5,8,9);;. The third-order valence-corrected chi connectivity index (χ3v) is 0.702. The van der Waals surface area contributed by atoms with Crippen LogP contribution in [0.2, 0.25) is 0 Å². The summed E-state index contributed by atoms with van der Waals surface area (Å²) in [6.45, 7) is 0. The van der Waals surface area contributed by atoms with Gasteiger partial charge in [0.25, 0.3) is 11.8 Å². The normalized spacial score (nSPS) is 8.18. The number of hydrogen-bond acceptors (Lipinski definition) is 7. The molecule has 0 amide bonds. The van der Waals surface area contributed by atoms with E-state index in [9.17, 15) is 0 Å². The summed E-state index contributed by atoms with van der Waals surface area (Å²) in [5, 5.41) is 34.2. The maximum atomic E-state index is 8.54. The van der Waals surface area contributed by atoms with Crippen molar-refractivity contribution in [3.05, 3.63) is 0 Å². The van der Waals surface area contributed by atoms with E-state index < -0.39 is 17.5 Å². The first-order chi connectivity index (χ1) is 5.22. The van der Waals surface area contributed by atoms with Crippen LogP contribution in [0.25, 0.3) is 0 Å². The van der Waals surface area contributed by atoms with Crippen LogP contribution in [0.1, 0.15) is 0 Å². The molecule has 7 nitrogen and oxygen atoms in total. The van der Waals surface area contributed by atoms with Crippen molar-refractivity contribution in [1.82, 2.24) is 15.4 Å². The van der Waals surface area contributed by atoms with E-state index in [0.717, 1.165) is 0 Å². The van der Waals surface area contributed by atoms with Gasteiger partial charge in [0.1, 0.15) is 0 Å². The van der Waals surface area contributed by atoms with Crippen molar-refractivity contribution >= 4 is 0 Å². The van der Waals surface area contributed by atoms with Crippen LogP contribution in [0.5, 0.6) is 17.5 Å². The Hall–Kier alpha value is -1.17. The van der Waals surface area contributed by atoms with Crippen LogP contribution in [0.15, 0.2) is 0 Å². The summed E-state index contributed by atoms with van der Waals surface area (Å²) in [6.07, 6.45) is 0. The van der Waals surface area contributed by atoms with Gasteiger partial charge in [0.2, 0.25) is 5.75 Å². The molecule has 1 aromatic heterocycles. The molecule has 0 atom stereocenters. The Bertz CT molecular complexity index is 224. The van der Waals surface area contributed by atoms with Gasteiger partial charge in [0, 0.05) is 0 Å². The molecule has 1 heterocycles. The van der Waals surface area contributed by atoms with E-state index >= 15 is 0 Å². The molecule has 0 aromatic carbocycles. The molecule has 3 N–H and O–H groups in total. The first-order valence-corrected chi connectivity index (χ1v) is 3.52. The Balaban J connectivity index is 0.000000461. The molecule has 1 rings (SSSR count). The first kappa shape index (κ1) is 9.83. The molecule has 0 aliphatic carbocycles. The van der Waals surface area contributed by atoms with E-state index in [1.807, 2.05) is 0 Å². The van der Waals surface area contributed by atoms with Crippen LogP contribution in [-0.2, 0) is 21.8 Å². The first-order valence-electron chi connectivity index (χ1n) is 2.31. The minimum atomic E-state index is -0.759. The van der Waals surface area contributed by atoms with Gasteiger partial charge in [-0.15, -0.1) is 0 Å². The average molecular weight is 210 g/mol. The van der Waals surface area contributed by atoms with E-state index in [1.165, 1.54) is 0 Å². The molecule has 0 radical (unpaired) electrons. The molecule has 0 aliphatic rings. The molecule has 8 heteroatoms. The Morgan fingerprint density at radius 1 is 1.00 bits per heavy atom. The van der Waals surface area contributed by atoms with Crippen LogP contribution in [-0.4, -0.2) is 30.7 Å². The molecule has 11 heavy (non-hydrogen) atoms. The van der Waals surface area contributed by atoms with Gasteiger partial charge in [-0.3, -0.25) is 0 Å². The molecule has 0 fully saturated rings. The van der Waals surface area contributed by atoms with E-state index in [1.54, 1.807) is 0 Å². The van der Waals surface area contributed by atoms with Crippen molar-refractivity contribution in [1.29, 1.82) is 0 Å². The third-order valence-electron chi connectivity index (χ3n) is 0.702. The molecule has 0 saturated carbocycles. The minimum absolute atomic E-state index is 0.125. The molecule has 1 aromatic rings. The Morgan fingerprint density at radius 2 is 1.36 bits per heavy atom. The summed E-state index contributed by atoms with van der Waals surface area (Å²) in [5.41, 5.74) is 0. The number of aromatic hydroxyl groups is 3. The van der Waals surface area contributed by atoms with Gasteiger partial charge in [-0.1, -0.05) is 10.2 Å². The van der Waals surface area contributed by atoms with Crippen molar-refractivity contribution in [2.75, 3.05) is 0 Å². The number of rotatable bonds is 0. The summed E-state index contributed by atoms with van der Waals surface area (Å²) >= 11 is 0.125. The fraction of sp³-hybridized carbons (Fsp3) is 0. The van der Waals surface area contributed by atoms with Crippen molar-refractivity contribution in [2.45, 2.75) is 0 Å². The fourth-order valence-corrected chi connectivity index (χ4v) is 0.302. The second-order valence-corrected chi connectivity index (χ2v) is 1.29. The zero-order chi connectivity index (χ0) is 8.85. The van der Waals surface area contributed by atoms with Gasteiger partial charge in [-0.05, 0) is 5.21 Å². The van der Waals surface area contributed by atoms with E-state index in [4.69, 9.17) is 18.9 Å². The molecular formula is C3H3N3O4Zn. The topological polar surface area (TPSA) is 116 Å². The van der Waals surface area contributed by atoms with Crippen molar-refractivity contribution in [3.63, 3.8) is 0 Å². The summed E-state index contributed by atoms with van der Waals surface area (Å²) in [7, 11) is 0. The monoisotopic (exact) mass is 209 g/mol. The van der Waals surface area contributed by atoms with Gasteiger partial charge in [-0.25, -0.2) is 0 Å². The molecule has 0 saturated heterocycles. The average Bonchev–Trinajstić information content (AvgIpc) is 2.04. The van der Waals surface area contributed by atoms with Crippen LogP contribution in [0.3, 0.4) is 0 Å². The Kier molecular flexibility index (Phi) is 4.13. The molecule has 0 bridgehead atoms. The molecule has 0 aliphatic heterocycles. The van der Waals surface area contributed by atoms with Crippen LogP contribution >= 0.6 is 0 Å². The number of nitrogens with zero attached hydrogens (tertiary/aromatic N) is 3. The fourth-order valence-electron chi connectivity index (χ4n) is 0.302. The second-order valence-electron chi connectivity index (χ2n) is 1.29. The Morgan fingerprint density at radius 3 is 1.64 bits per heavy atom. The number of aromatic nitrogens is 3. The molecular weight excluding hydrogens is 207 g/mol. The summed E-state index contributed by atoms with van der Waals surface area (Å²) in [5.74, 6) is -2.23. The van der Waals surface area contributed by atoms with Crippen LogP contribution in [0, 0.1) is 0 Å². The zero-order valence-corrected chi connectivity index (χ0v) is 8.27. The number of hydrogen-bond donors (Lipinski definition) is 3. The predicted octanol–water partition coefficient (Wildman–Crippen LogP) is -1.13. The van der Waals surface area contributed by atoms with E-state index in [-0.39, 0.29) is 18.3 Å². The SMILES string of the molecule is Oc1nnnc(O)c1O.[O]=[Zn]. The van der Waals surface area contributed by atoms with Gasteiger partial charge < -0.3 is 15.3 Å². The molecule has 56 valence electrons. The third kappa shape index (κ3) is 2.50.